The quantitative estimate of drug-likeness (QED) is 0.793. The number of hydrogen-bond acceptors (Lipinski definition) is 4. The smallest absolute Gasteiger partial charge is 0.184 e. The van der Waals surface area contributed by atoms with Gasteiger partial charge in [0, 0.05) is 16.3 Å². The molecule has 0 aromatic heterocycles. The molecule has 0 heterocycles. The van der Waals surface area contributed by atoms with Crippen LogP contribution in [0.25, 0.3) is 0 Å². The van der Waals surface area contributed by atoms with Gasteiger partial charge in [-0.1, -0.05) is 0 Å². The van der Waals surface area contributed by atoms with Crippen molar-refractivity contribution in [2.45, 2.75) is 18.6 Å². The molecule has 0 unspecified atom stereocenters. The Morgan fingerprint density at radius 3 is 2.28 bits per heavy atom. The Hall–Kier alpha value is -0.880. The molecule has 0 fully saturated rings. The van der Waals surface area contributed by atoms with Crippen molar-refractivity contribution in [3.8, 4) is 5.75 Å². The van der Waals surface area contributed by atoms with Crippen LogP contribution in [-0.4, -0.2) is 32.3 Å². The molecule has 0 saturated heterocycles. The molecule has 0 saturated carbocycles. The summed E-state index contributed by atoms with van der Waals surface area (Å²) in [5.74, 6) is 0.148. The van der Waals surface area contributed by atoms with E-state index in [-0.39, 0.29) is 0 Å². The van der Waals surface area contributed by atoms with Crippen LogP contribution in [0.3, 0.4) is 0 Å². The molecule has 6 heteroatoms. The number of ketones is 1. The molecule has 0 atom stereocenters. The highest BCUT2D eigenvalue weighted by Crippen LogP contribution is 2.29. The van der Waals surface area contributed by atoms with Crippen LogP contribution in [0.5, 0.6) is 5.75 Å². The van der Waals surface area contributed by atoms with Crippen molar-refractivity contribution in [2.75, 3.05) is 13.4 Å². The number of carbonyl (C=O) groups is 1. The van der Waals surface area contributed by atoms with E-state index in [4.69, 9.17) is 4.74 Å². The molecule has 0 aliphatic rings. The molecule has 4 nitrogen and oxygen atoms in total. The van der Waals surface area contributed by atoms with Gasteiger partial charge in [-0.2, -0.15) is 0 Å². The summed E-state index contributed by atoms with van der Waals surface area (Å²) in [6.07, 6.45) is 1.06. The van der Waals surface area contributed by atoms with Crippen LogP contribution in [-0.2, 0) is 9.84 Å². The van der Waals surface area contributed by atoms with E-state index >= 15 is 0 Å². The van der Waals surface area contributed by atoms with Gasteiger partial charge < -0.3 is 4.74 Å². The lowest BCUT2D eigenvalue weighted by Gasteiger charge is -2.21. The Labute approximate surface area is 115 Å². The van der Waals surface area contributed by atoms with Crippen molar-refractivity contribution in [1.29, 1.82) is 0 Å². The van der Waals surface area contributed by atoms with Crippen LogP contribution in [0.2, 0.25) is 0 Å². The van der Waals surface area contributed by atoms with Crippen LogP contribution in [0.15, 0.2) is 22.7 Å². The lowest BCUT2D eigenvalue weighted by atomic mass is 10.0. The zero-order valence-corrected chi connectivity index (χ0v) is 13.1. The predicted octanol–water partition coefficient (Wildman–Crippen LogP) is 2.46. The van der Waals surface area contributed by atoms with E-state index in [1.165, 1.54) is 21.0 Å². The van der Waals surface area contributed by atoms with E-state index in [1.54, 1.807) is 18.2 Å². The SMILES string of the molecule is COc1ccc(C(=O)C(C)(C)S(C)(=O)=O)c(Br)c1. The van der Waals surface area contributed by atoms with E-state index in [9.17, 15) is 13.2 Å². The maximum absolute atomic E-state index is 12.3. The van der Waals surface area contributed by atoms with Gasteiger partial charge >= 0.3 is 0 Å². The summed E-state index contributed by atoms with van der Waals surface area (Å²) in [5, 5.41) is 0. The maximum atomic E-state index is 12.3. The number of hydrogen-bond donors (Lipinski definition) is 0. The first-order valence-corrected chi connectivity index (χ1v) is 7.87. The van der Waals surface area contributed by atoms with E-state index in [2.05, 4.69) is 15.9 Å². The van der Waals surface area contributed by atoms with E-state index < -0.39 is 20.4 Å². The average Bonchev–Trinajstić information content (AvgIpc) is 2.26. The van der Waals surface area contributed by atoms with Crippen LogP contribution in [0, 0.1) is 0 Å². The molecule has 0 spiro atoms. The Balaban J connectivity index is 3.28. The number of Topliss-reactive ketones (excluding diaryl/α,β-unsaturated/α-hetero) is 1. The van der Waals surface area contributed by atoms with Crippen molar-refractivity contribution in [3.05, 3.63) is 28.2 Å². The molecular weight excluding hydrogens is 320 g/mol. The minimum atomic E-state index is -3.48. The number of halogens is 1. The lowest BCUT2D eigenvalue weighted by Crippen LogP contribution is -2.40. The number of sulfone groups is 1. The zero-order chi connectivity index (χ0) is 14.1. The second kappa shape index (κ2) is 5.01. The highest BCUT2D eigenvalue weighted by molar-refractivity contribution is 9.10. The van der Waals surface area contributed by atoms with Gasteiger partial charge in [-0.15, -0.1) is 0 Å². The molecule has 1 rings (SSSR count). The van der Waals surface area contributed by atoms with Gasteiger partial charge in [0.05, 0.1) is 7.11 Å². The highest BCUT2D eigenvalue weighted by Gasteiger charge is 2.39. The fourth-order valence-electron chi connectivity index (χ4n) is 1.30. The first-order valence-electron chi connectivity index (χ1n) is 5.19. The maximum Gasteiger partial charge on any atom is 0.184 e. The molecule has 0 N–H and O–H groups in total. The van der Waals surface area contributed by atoms with E-state index in [0.29, 0.717) is 15.8 Å². The van der Waals surface area contributed by atoms with E-state index in [0.717, 1.165) is 6.26 Å². The summed E-state index contributed by atoms with van der Waals surface area (Å²) in [5.41, 5.74) is 0.325. The second-order valence-electron chi connectivity index (χ2n) is 4.46. The molecule has 1 aromatic carbocycles. The molecule has 0 aliphatic heterocycles. The van der Waals surface area contributed by atoms with Gasteiger partial charge in [0.2, 0.25) is 0 Å². The Kier molecular flexibility index (Phi) is 4.23. The molecule has 0 amide bonds. The Morgan fingerprint density at radius 1 is 1.33 bits per heavy atom. The normalized spacial score (nSPS) is 12.3. The Bertz CT molecular complexity index is 576. The van der Waals surface area contributed by atoms with Crippen LogP contribution in [0.4, 0.5) is 0 Å². The van der Waals surface area contributed by atoms with Gasteiger partial charge in [-0.25, -0.2) is 8.42 Å². The number of benzene rings is 1. The topological polar surface area (TPSA) is 60.4 Å². The number of rotatable bonds is 4. The summed E-state index contributed by atoms with van der Waals surface area (Å²) in [7, 11) is -1.97. The van der Waals surface area contributed by atoms with Gasteiger partial charge in [0.25, 0.3) is 0 Å². The van der Waals surface area contributed by atoms with Gasteiger partial charge in [-0.3, -0.25) is 4.79 Å². The number of carbonyl (C=O) groups excluding carboxylic acids is 1. The predicted molar refractivity (Wildman–Crippen MR) is 73.9 cm³/mol. The zero-order valence-electron chi connectivity index (χ0n) is 10.7. The molecule has 18 heavy (non-hydrogen) atoms. The molecule has 0 bridgehead atoms. The minimum absolute atomic E-state index is 0.325. The van der Waals surface area contributed by atoms with Crippen LogP contribution in [0.1, 0.15) is 24.2 Å². The first kappa shape index (κ1) is 15.2. The van der Waals surface area contributed by atoms with Crippen molar-refractivity contribution in [1.82, 2.24) is 0 Å². The van der Waals surface area contributed by atoms with Gasteiger partial charge in [0.15, 0.2) is 15.6 Å². The standard InChI is InChI=1S/C12H15BrO4S/c1-12(2,18(4,15)16)11(14)9-6-5-8(17-3)7-10(9)13/h5-7H,1-4H3. The lowest BCUT2D eigenvalue weighted by molar-refractivity contribution is 0.0953. The average molecular weight is 335 g/mol. The highest BCUT2D eigenvalue weighted by atomic mass is 79.9. The fraction of sp³-hybridized carbons (Fsp3) is 0.417. The monoisotopic (exact) mass is 334 g/mol. The summed E-state index contributed by atoms with van der Waals surface area (Å²) >= 11 is 3.25. The fourth-order valence-corrected chi connectivity index (χ4v) is 2.28. The van der Waals surface area contributed by atoms with Crippen molar-refractivity contribution >= 4 is 31.6 Å². The summed E-state index contributed by atoms with van der Waals surface area (Å²) < 4.78 is 27.4. The van der Waals surface area contributed by atoms with Crippen molar-refractivity contribution < 1.29 is 17.9 Å². The third-order valence-electron chi connectivity index (χ3n) is 2.89. The minimum Gasteiger partial charge on any atom is -0.497 e. The van der Waals surface area contributed by atoms with Crippen molar-refractivity contribution in [3.63, 3.8) is 0 Å². The molecule has 0 aliphatic carbocycles. The first-order chi connectivity index (χ1) is 8.11. The molecule has 0 radical (unpaired) electrons. The van der Waals surface area contributed by atoms with Crippen LogP contribution < -0.4 is 4.74 Å². The van der Waals surface area contributed by atoms with Gasteiger partial charge in [-0.05, 0) is 48.0 Å². The van der Waals surface area contributed by atoms with E-state index in [1.807, 2.05) is 0 Å². The molecule has 1 aromatic rings. The number of methoxy groups -OCH3 is 1. The third kappa shape index (κ3) is 2.75. The van der Waals surface area contributed by atoms with Gasteiger partial charge in [0.1, 0.15) is 10.5 Å². The summed E-state index contributed by atoms with van der Waals surface area (Å²) in [4.78, 5) is 12.3. The second-order valence-corrected chi connectivity index (χ2v) is 7.88. The Morgan fingerprint density at radius 2 is 1.89 bits per heavy atom. The third-order valence-corrected chi connectivity index (χ3v) is 5.59. The van der Waals surface area contributed by atoms with Crippen molar-refractivity contribution in [2.24, 2.45) is 0 Å². The van der Waals surface area contributed by atoms with Crippen LogP contribution >= 0.6 is 15.9 Å². The number of ether oxygens (including phenoxy) is 1. The molecular formula is C12H15BrO4S. The largest absolute Gasteiger partial charge is 0.497 e. The molecule has 100 valence electrons. The summed E-state index contributed by atoms with van der Waals surface area (Å²) in [6.45, 7) is 2.81. The summed E-state index contributed by atoms with van der Waals surface area (Å²) in [6, 6.07) is 4.81.